The Kier molecular flexibility index (Phi) is 5.59. The lowest BCUT2D eigenvalue weighted by Gasteiger charge is -2.17. The molecule has 0 bridgehead atoms. The summed E-state index contributed by atoms with van der Waals surface area (Å²) in [4.78, 5) is 12.2. The lowest BCUT2D eigenvalue weighted by atomic mass is 10.2. The fraction of sp³-hybridized carbons (Fsp3) is 0.316. The highest BCUT2D eigenvalue weighted by atomic mass is 32.2. The molecule has 1 heterocycles. The summed E-state index contributed by atoms with van der Waals surface area (Å²) >= 11 is 0. The summed E-state index contributed by atoms with van der Waals surface area (Å²) in [5, 5.41) is 0. The summed E-state index contributed by atoms with van der Waals surface area (Å²) in [5.74, 6) is -0.788. The number of benzene rings is 2. The summed E-state index contributed by atoms with van der Waals surface area (Å²) in [6.45, 7) is 5.45. The number of carbonyl (C=O) groups excluding carboxylic acids is 1. The first-order valence-corrected chi connectivity index (χ1v) is 12.1. The van der Waals surface area contributed by atoms with Gasteiger partial charge in [0, 0.05) is 5.69 Å². The van der Waals surface area contributed by atoms with Gasteiger partial charge in [-0.3, -0.25) is 9.52 Å². The van der Waals surface area contributed by atoms with Gasteiger partial charge < -0.3 is 4.74 Å². The molecule has 1 aliphatic rings. The molecule has 1 saturated heterocycles. The van der Waals surface area contributed by atoms with Crippen molar-refractivity contribution in [3.63, 3.8) is 0 Å². The molecule has 1 aliphatic heterocycles. The van der Waals surface area contributed by atoms with Gasteiger partial charge in [-0.05, 0) is 61.9 Å². The predicted molar refractivity (Wildman–Crippen MR) is 110 cm³/mol. The Balaban J connectivity index is 1.88. The van der Waals surface area contributed by atoms with Crippen LogP contribution < -0.4 is 13.8 Å². The fourth-order valence-electron chi connectivity index (χ4n) is 3.14. The summed E-state index contributed by atoms with van der Waals surface area (Å²) in [6.07, 6.45) is 0. The Morgan fingerprint density at radius 1 is 1.17 bits per heavy atom. The number of aryl methyl sites for hydroxylation is 1. The number of hydrogen-bond acceptors (Lipinski definition) is 6. The maximum absolute atomic E-state index is 12.8. The van der Waals surface area contributed by atoms with E-state index in [1.165, 1.54) is 18.2 Å². The summed E-state index contributed by atoms with van der Waals surface area (Å²) in [6, 6.07) is 10.5. The van der Waals surface area contributed by atoms with Crippen molar-refractivity contribution in [2.24, 2.45) is 5.92 Å². The van der Waals surface area contributed by atoms with Gasteiger partial charge in [-0.25, -0.2) is 21.1 Å². The maximum Gasteiger partial charge on any atom is 0.262 e. The van der Waals surface area contributed by atoms with Crippen LogP contribution in [0.25, 0.3) is 0 Å². The normalized spacial score (nSPS) is 18.7. The minimum atomic E-state index is -3.91. The highest BCUT2D eigenvalue weighted by molar-refractivity contribution is 7.94. The standard InChI is InChI=1S/C19H22N2O6S2/c1-4-27-17-8-5-15(6-9-17)20-29(25,26)18-10-7-16(11-13(18)2)21-19(22)14(3)12-28(21,23)24/h5-11,14,20H,4,12H2,1-3H3. The Labute approximate surface area is 170 Å². The van der Waals surface area contributed by atoms with E-state index in [0.717, 1.165) is 4.31 Å². The van der Waals surface area contributed by atoms with Crippen molar-refractivity contribution < 1.29 is 26.4 Å². The van der Waals surface area contributed by atoms with Crippen molar-refractivity contribution in [1.82, 2.24) is 0 Å². The molecular formula is C19H22N2O6S2. The predicted octanol–water partition coefficient (Wildman–Crippen LogP) is 2.51. The molecule has 1 unspecified atom stereocenters. The van der Waals surface area contributed by atoms with Gasteiger partial charge in [0.1, 0.15) is 5.75 Å². The molecule has 1 amide bonds. The van der Waals surface area contributed by atoms with Gasteiger partial charge in [-0.1, -0.05) is 6.92 Å². The van der Waals surface area contributed by atoms with Crippen LogP contribution >= 0.6 is 0 Å². The molecule has 0 aliphatic carbocycles. The molecule has 10 heteroatoms. The Bertz CT molecular complexity index is 1140. The molecule has 0 saturated carbocycles. The Hall–Kier alpha value is -2.59. The van der Waals surface area contributed by atoms with E-state index in [0.29, 0.717) is 23.6 Å². The van der Waals surface area contributed by atoms with Gasteiger partial charge in [0.15, 0.2) is 0 Å². The molecule has 8 nitrogen and oxygen atoms in total. The second kappa shape index (κ2) is 7.68. The second-order valence-electron chi connectivity index (χ2n) is 6.79. The van der Waals surface area contributed by atoms with E-state index in [1.54, 1.807) is 38.1 Å². The minimum absolute atomic E-state index is 0.00720. The van der Waals surface area contributed by atoms with Gasteiger partial charge in [0.25, 0.3) is 10.0 Å². The van der Waals surface area contributed by atoms with Crippen molar-refractivity contribution in [2.45, 2.75) is 25.7 Å². The summed E-state index contributed by atoms with van der Waals surface area (Å²) in [5.41, 5.74) is 0.823. The molecule has 0 radical (unpaired) electrons. The zero-order valence-electron chi connectivity index (χ0n) is 16.2. The van der Waals surface area contributed by atoms with Gasteiger partial charge >= 0.3 is 0 Å². The van der Waals surface area contributed by atoms with Gasteiger partial charge in [0.2, 0.25) is 15.9 Å². The SMILES string of the molecule is CCOc1ccc(NS(=O)(=O)c2ccc(N3C(=O)C(C)CS3(=O)=O)cc2C)cc1. The lowest BCUT2D eigenvalue weighted by molar-refractivity contribution is -0.119. The molecule has 2 aromatic carbocycles. The molecule has 1 atom stereocenters. The average Bonchev–Trinajstić information content (AvgIpc) is 2.83. The van der Waals surface area contributed by atoms with E-state index in [1.807, 2.05) is 6.92 Å². The van der Waals surface area contributed by atoms with Crippen molar-refractivity contribution in [1.29, 1.82) is 0 Å². The topological polar surface area (TPSA) is 110 Å². The number of amides is 1. The second-order valence-corrected chi connectivity index (χ2v) is 10.3. The highest BCUT2D eigenvalue weighted by Gasteiger charge is 2.42. The average molecular weight is 439 g/mol. The van der Waals surface area contributed by atoms with Crippen LogP contribution in [0.1, 0.15) is 19.4 Å². The number of rotatable bonds is 6. The first-order chi connectivity index (χ1) is 13.5. The number of anilines is 2. The van der Waals surface area contributed by atoms with Crippen molar-refractivity contribution in [3.8, 4) is 5.75 Å². The summed E-state index contributed by atoms with van der Waals surface area (Å²) < 4.78 is 58.6. The van der Waals surface area contributed by atoms with Crippen molar-refractivity contribution in [3.05, 3.63) is 48.0 Å². The fourth-order valence-corrected chi connectivity index (χ4v) is 6.24. The van der Waals surface area contributed by atoms with E-state index < -0.39 is 31.9 Å². The molecule has 1 N–H and O–H groups in total. The number of carbonyl (C=O) groups is 1. The molecule has 3 rings (SSSR count). The van der Waals surface area contributed by atoms with Crippen molar-refractivity contribution >= 4 is 37.3 Å². The minimum Gasteiger partial charge on any atom is -0.494 e. The highest BCUT2D eigenvalue weighted by Crippen LogP contribution is 2.31. The van der Waals surface area contributed by atoms with Crippen LogP contribution in [-0.4, -0.2) is 35.1 Å². The van der Waals surface area contributed by atoms with E-state index in [4.69, 9.17) is 4.74 Å². The first-order valence-electron chi connectivity index (χ1n) is 8.98. The molecule has 156 valence electrons. The molecular weight excluding hydrogens is 416 g/mol. The van der Waals surface area contributed by atoms with Gasteiger partial charge in [0.05, 0.1) is 28.9 Å². The molecule has 29 heavy (non-hydrogen) atoms. The Morgan fingerprint density at radius 3 is 2.34 bits per heavy atom. The van der Waals surface area contributed by atoms with Crippen LogP contribution in [0.15, 0.2) is 47.4 Å². The van der Waals surface area contributed by atoms with Crippen LogP contribution in [0, 0.1) is 12.8 Å². The first kappa shape index (κ1) is 21.1. The van der Waals surface area contributed by atoms with Crippen LogP contribution in [0.2, 0.25) is 0 Å². The van der Waals surface area contributed by atoms with Crippen molar-refractivity contribution in [2.75, 3.05) is 21.4 Å². The molecule has 1 fully saturated rings. The van der Waals surface area contributed by atoms with Crippen LogP contribution in [0.5, 0.6) is 5.75 Å². The number of hydrogen-bond donors (Lipinski definition) is 1. The quantitative estimate of drug-likeness (QED) is 0.742. The van der Waals surface area contributed by atoms with Gasteiger partial charge in [-0.15, -0.1) is 0 Å². The Morgan fingerprint density at radius 2 is 1.83 bits per heavy atom. The number of ether oxygens (including phenoxy) is 1. The zero-order valence-corrected chi connectivity index (χ0v) is 17.9. The third-order valence-corrected chi connectivity index (χ3v) is 7.87. The molecule has 0 aromatic heterocycles. The smallest absolute Gasteiger partial charge is 0.262 e. The maximum atomic E-state index is 12.8. The van der Waals surface area contributed by atoms with Gasteiger partial charge in [-0.2, -0.15) is 0 Å². The van der Waals surface area contributed by atoms with Crippen LogP contribution in [0.4, 0.5) is 11.4 Å². The molecule has 2 aromatic rings. The van der Waals surface area contributed by atoms with Crippen LogP contribution in [-0.2, 0) is 24.8 Å². The van der Waals surface area contributed by atoms with E-state index in [9.17, 15) is 21.6 Å². The number of nitrogens with zero attached hydrogens (tertiary/aromatic N) is 1. The zero-order chi connectivity index (χ0) is 21.4. The number of sulfonamides is 2. The van der Waals surface area contributed by atoms with E-state index >= 15 is 0 Å². The lowest BCUT2D eigenvalue weighted by Crippen LogP contribution is -2.30. The van der Waals surface area contributed by atoms with E-state index in [2.05, 4.69) is 4.72 Å². The monoisotopic (exact) mass is 438 g/mol. The van der Waals surface area contributed by atoms with Crippen LogP contribution in [0.3, 0.4) is 0 Å². The van der Waals surface area contributed by atoms with E-state index in [-0.39, 0.29) is 16.3 Å². The summed E-state index contributed by atoms with van der Waals surface area (Å²) in [7, 11) is -7.66. The number of nitrogens with one attached hydrogen (secondary N) is 1. The third kappa shape index (κ3) is 4.23. The third-order valence-electron chi connectivity index (χ3n) is 4.46. The largest absolute Gasteiger partial charge is 0.494 e. The molecule has 0 spiro atoms.